The first kappa shape index (κ1) is 16.1. The summed E-state index contributed by atoms with van der Waals surface area (Å²) in [7, 11) is 0. The molecule has 9 nitrogen and oxygen atoms in total. The van der Waals surface area contributed by atoms with Crippen molar-refractivity contribution >= 4 is 28.0 Å². The van der Waals surface area contributed by atoms with Gasteiger partial charge in [0.2, 0.25) is 0 Å². The van der Waals surface area contributed by atoms with Crippen molar-refractivity contribution in [3.63, 3.8) is 0 Å². The van der Waals surface area contributed by atoms with Crippen molar-refractivity contribution < 1.29 is 4.79 Å². The Bertz CT molecular complexity index is 927. The number of nitrogens with one attached hydrogen (secondary N) is 2. The summed E-state index contributed by atoms with van der Waals surface area (Å²) in [4.78, 5) is 33.0. The Morgan fingerprint density at radius 2 is 2.21 bits per heavy atom. The molecule has 0 aromatic carbocycles. The summed E-state index contributed by atoms with van der Waals surface area (Å²) in [6.45, 7) is 4.85. The van der Waals surface area contributed by atoms with E-state index in [4.69, 9.17) is 0 Å². The van der Waals surface area contributed by atoms with Gasteiger partial charge >= 0.3 is 6.03 Å². The average molecular weight is 347 g/mol. The molecule has 0 aliphatic heterocycles. The average Bonchev–Trinajstić information content (AvgIpc) is 3.13. The molecule has 0 fully saturated rings. The Hall–Kier alpha value is -2.75. The molecule has 126 valence electrons. The van der Waals surface area contributed by atoms with Crippen LogP contribution in [0.25, 0.3) is 4.96 Å². The summed E-state index contributed by atoms with van der Waals surface area (Å²) >= 11 is 1.36. The van der Waals surface area contributed by atoms with Crippen molar-refractivity contribution in [3.8, 4) is 0 Å². The standard InChI is InChI=1S/C14H17N7O2S/c1-9-17-10(2)21(19-9)5-3-4-15-13(23)18-11-8-16-14-20(12(11)22)6-7-24-14/h6-8H,3-5H2,1-2H3,(H2,15,18,23). The number of rotatable bonds is 5. The van der Waals surface area contributed by atoms with E-state index in [1.165, 1.54) is 21.9 Å². The summed E-state index contributed by atoms with van der Waals surface area (Å²) in [6.07, 6.45) is 3.70. The number of fused-ring (bicyclic) bond motifs is 1. The van der Waals surface area contributed by atoms with Gasteiger partial charge in [-0.25, -0.2) is 14.8 Å². The topological polar surface area (TPSA) is 106 Å². The lowest BCUT2D eigenvalue weighted by Gasteiger charge is -2.07. The highest BCUT2D eigenvalue weighted by Gasteiger charge is 2.09. The van der Waals surface area contributed by atoms with E-state index in [0.29, 0.717) is 24.5 Å². The molecule has 2 N–H and O–H groups in total. The van der Waals surface area contributed by atoms with Crippen LogP contribution in [0.3, 0.4) is 0 Å². The zero-order valence-corrected chi connectivity index (χ0v) is 14.1. The maximum absolute atomic E-state index is 12.1. The number of aryl methyl sites for hydroxylation is 3. The number of amides is 2. The number of urea groups is 1. The van der Waals surface area contributed by atoms with Crippen LogP contribution in [0.15, 0.2) is 22.6 Å². The smallest absolute Gasteiger partial charge is 0.319 e. The molecule has 3 aromatic heterocycles. The van der Waals surface area contributed by atoms with Crippen LogP contribution in [0.4, 0.5) is 10.5 Å². The number of aromatic nitrogens is 5. The third-order valence-corrected chi connectivity index (χ3v) is 4.16. The predicted molar refractivity (Wildman–Crippen MR) is 90.5 cm³/mol. The van der Waals surface area contributed by atoms with Gasteiger partial charge in [0.1, 0.15) is 17.3 Å². The van der Waals surface area contributed by atoms with Crippen LogP contribution in [0.1, 0.15) is 18.1 Å². The van der Waals surface area contributed by atoms with Crippen molar-refractivity contribution in [1.29, 1.82) is 0 Å². The van der Waals surface area contributed by atoms with E-state index in [-0.39, 0.29) is 11.2 Å². The van der Waals surface area contributed by atoms with Crippen LogP contribution >= 0.6 is 11.3 Å². The zero-order chi connectivity index (χ0) is 17.1. The number of thiazole rings is 1. The van der Waals surface area contributed by atoms with Gasteiger partial charge < -0.3 is 10.6 Å². The maximum Gasteiger partial charge on any atom is 0.319 e. The highest BCUT2D eigenvalue weighted by molar-refractivity contribution is 7.15. The number of hydrogen-bond acceptors (Lipinski definition) is 6. The summed E-state index contributed by atoms with van der Waals surface area (Å²) in [5, 5.41) is 11.3. The summed E-state index contributed by atoms with van der Waals surface area (Å²) < 4.78 is 3.20. The van der Waals surface area contributed by atoms with Crippen molar-refractivity contribution in [3.05, 3.63) is 39.8 Å². The van der Waals surface area contributed by atoms with Gasteiger partial charge in [0.05, 0.1) is 6.20 Å². The zero-order valence-electron chi connectivity index (χ0n) is 13.3. The van der Waals surface area contributed by atoms with Gasteiger partial charge in [-0.1, -0.05) is 0 Å². The molecule has 24 heavy (non-hydrogen) atoms. The molecular formula is C14H17N7O2S. The Morgan fingerprint density at radius 1 is 1.38 bits per heavy atom. The molecule has 3 rings (SSSR count). The molecule has 0 aliphatic carbocycles. The molecule has 3 heterocycles. The van der Waals surface area contributed by atoms with E-state index in [0.717, 1.165) is 11.6 Å². The summed E-state index contributed by atoms with van der Waals surface area (Å²) in [6, 6.07) is -0.435. The fourth-order valence-corrected chi connectivity index (χ4v) is 2.96. The van der Waals surface area contributed by atoms with Crippen molar-refractivity contribution in [2.24, 2.45) is 0 Å². The number of carbonyl (C=O) groups excluding carboxylic acids is 1. The van der Waals surface area contributed by atoms with Gasteiger partial charge in [-0.15, -0.1) is 11.3 Å². The molecule has 0 bridgehead atoms. The first-order valence-corrected chi connectivity index (χ1v) is 8.30. The van der Waals surface area contributed by atoms with Crippen LogP contribution in [-0.2, 0) is 6.54 Å². The van der Waals surface area contributed by atoms with Gasteiger partial charge in [-0.05, 0) is 20.3 Å². The predicted octanol–water partition coefficient (Wildman–Crippen LogP) is 1.18. The minimum absolute atomic E-state index is 0.145. The lowest BCUT2D eigenvalue weighted by atomic mass is 10.4. The molecule has 0 atom stereocenters. The first-order valence-electron chi connectivity index (χ1n) is 7.42. The quantitative estimate of drug-likeness (QED) is 0.674. The Labute approximate surface area is 141 Å². The van der Waals surface area contributed by atoms with E-state index in [1.807, 2.05) is 13.8 Å². The molecule has 0 aliphatic rings. The van der Waals surface area contributed by atoms with E-state index in [2.05, 4.69) is 25.7 Å². The maximum atomic E-state index is 12.1. The number of anilines is 1. The second-order valence-corrected chi connectivity index (χ2v) is 6.07. The van der Waals surface area contributed by atoms with Gasteiger partial charge in [-0.2, -0.15) is 5.10 Å². The molecule has 2 amide bonds. The van der Waals surface area contributed by atoms with Crippen molar-refractivity contribution in [1.82, 2.24) is 29.5 Å². The van der Waals surface area contributed by atoms with Gasteiger partial charge in [0.25, 0.3) is 5.56 Å². The summed E-state index contributed by atoms with van der Waals surface area (Å²) in [5.41, 5.74) is -0.156. The highest BCUT2D eigenvalue weighted by Crippen LogP contribution is 2.07. The molecule has 0 saturated heterocycles. The van der Waals surface area contributed by atoms with Gasteiger partial charge in [0.15, 0.2) is 4.96 Å². The molecule has 0 unspecified atom stereocenters. The second-order valence-electron chi connectivity index (χ2n) is 5.20. The lowest BCUT2D eigenvalue weighted by molar-refractivity contribution is 0.251. The Morgan fingerprint density at radius 3 is 2.96 bits per heavy atom. The molecule has 0 radical (unpaired) electrons. The SMILES string of the molecule is Cc1nc(C)n(CCCNC(=O)Nc2cnc3sccn3c2=O)n1. The van der Waals surface area contributed by atoms with Gasteiger partial charge in [-0.3, -0.25) is 13.9 Å². The molecule has 3 aromatic rings. The van der Waals surface area contributed by atoms with Gasteiger partial charge in [0, 0.05) is 24.7 Å². The molecular weight excluding hydrogens is 330 g/mol. The first-order chi connectivity index (χ1) is 11.5. The minimum Gasteiger partial charge on any atom is -0.338 e. The minimum atomic E-state index is -0.435. The van der Waals surface area contributed by atoms with E-state index < -0.39 is 6.03 Å². The normalized spacial score (nSPS) is 10.9. The highest BCUT2D eigenvalue weighted by atomic mass is 32.1. The monoisotopic (exact) mass is 347 g/mol. The summed E-state index contributed by atoms with van der Waals surface area (Å²) in [5.74, 6) is 1.58. The number of hydrogen-bond donors (Lipinski definition) is 2. The molecule has 0 spiro atoms. The third-order valence-electron chi connectivity index (χ3n) is 3.39. The van der Waals surface area contributed by atoms with Crippen molar-refractivity contribution in [2.45, 2.75) is 26.8 Å². The van der Waals surface area contributed by atoms with E-state index >= 15 is 0 Å². The largest absolute Gasteiger partial charge is 0.338 e. The van der Waals surface area contributed by atoms with Crippen LogP contribution in [0.2, 0.25) is 0 Å². The molecule has 10 heteroatoms. The second kappa shape index (κ2) is 6.79. The fraction of sp³-hybridized carbons (Fsp3) is 0.357. The van der Waals surface area contributed by atoms with E-state index in [1.54, 1.807) is 16.3 Å². The van der Waals surface area contributed by atoms with Crippen molar-refractivity contribution in [2.75, 3.05) is 11.9 Å². The number of nitrogens with zero attached hydrogens (tertiary/aromatic N) is 5. The Kier molecular flexibility index (Phi) is 4.56. The third kappa shape index (κ3) is 3.43. The van der Waals surface area contributed by atoms with Crippen LogP contribution in [0, 0.1) is 13.8 Å². The van der Waals surface area contributed by atoms with E-state index in [9.17, 15) is 9.59 Å². The molecule has 0 saturated carbocycles. The van der Waals surface area contributed by atoms with Crippen LogP contribution in [-0.4, -0.2) is 36.7 Å². The van der Waals surface area contributed by atoms with Crippen LogP contribution in [0.5, 0.6) is 0 Å². The fourth-order valence-electron chi connectivity index (χ4n) is 2.28. The Balaban J connectivity index is 1.51. The lowest BCUT2D eigenvalue weighted by Crippen LogP contribution is -2.32. The number of carbonyl (C=O) groups is 1. The van der Waals surface area contributed by atoms with Crippen LogP contribution < -0.4 is 16.2 Å².